The molecule has 0 aliphatic heterocycles. The number of aryl methyl sites for hydroxylation is 2. The number of methoxy groups -OCH3 is 1. The third-order valence-corrected chi connectivity index (χ3v) is 2.93. The molecule has 100 valence electrons. The lowest BCUT2D eigenvalue weighted by Gasteiger charge is -2.11. The van der Waals surface area contributed by atoms with Gasteiger partial charge in [-0.15, -0.1) is 0 Å². The minimum absolute atomic E-state index is 0.0420. The molecule has 0 radical (unpaired) electrons. The Labute approximate surface area is 111 Å². The number of aromatic carboxylic acids is 1. The third-order valence-electron chi connectivity index (χ3n) is 2.93. The van der Waals surface area contributed by atoms with Gasteiger partial charge in [-0.2, -0.15) is 5.10 Å². The molecule has 2 aromatic rings. The normalized spacial score (nSPS) is 10.5. The van der Waals surface area contributed by atoms with Crippen LogP contribution < -0.4 is 4.74 Å². The molecule has 0 fully saturated rings. The minimum Gasteiger partial charge on any atom is -0.494 e. The van der Waals surface area contributed by atoms with Gasteiger partial charge in [-0.3, -0.25) is 0 Å². The van der Waals surface area contributed by atoms with E-state index >= 15 is 0 Å². The van der Waals surface area contributed by atoms with Gasteiger partial charge in [0.05, 0.1) is 7.11 Å². The van der Waals surface area contributed by atoms with Crippen molar-refractivity contribution < 1.29 is 14.6 Å². The van der Waals surface area contributed by atoms with E-state index in [1.54, 1.807) is 17.9 Å². The summed E-state index contributed by atoms with van der Waals surface area (Å²) in [5.74, 6) is -0.361. The average molecular weight is 260 g/mol. The van der Waals surface area contributed by atoms with E-state index in [9.17, 15) is 4.79 Å². The van der Waals surface area contributed by atoms with Crippen LogP contribution in [0.5, 0.6) is 5.75 Å². The number of ether oxygens (including phenoxy) is 1. The van der Waals surface area contributed by atoms with E-state index in [2.05, 4.69) is 5.10 Å². The van der Waals surface area contributed by atoms with Crippen LogP contribution in [0.1, 0.15) is 28.7 Å². The Balaban J connectivity index is 2.63. The van der Waals surface area contributed by atoms with E-state index in [-0.39, 0.29) is 5.69 Å². The summed E-state index contributed by atoms with van der Waals surface area (Å²) in [4.78, 5) is 11.0. The molecule has 0 spiro atoms. The van der Waals surface area contributed by atoms with E-state index < -0.39 is 5.97 Å². The summed E-state index contributed by atoms with van der Waals surface area (Å²) in [6.07, 6.45) is 0.692. The lowest BCUT2D eigenvalue weighted by atomic mass is 10.2. The summed E-state index contributed by atoms with van der Waals surface area (Å²) < 4.78 is 6.95. The van der Waals surface area contributed by atoms with Crippen molar-refractivity contribution in [1.82, 2.24) is 9.78 Å². The second kappa shape index (κ2) is 5.14. The fourth-order valence-corrected chi connectivity index (χ4v) is 1.95. The zero-order valence-electron chi connectivity index (χ0n) is 11.2. The summed E-state index contributed by atoms with van der Waals surface area (Å²) in [5, 5.41) is 13.2. The van der Waals surface area contributed by atoms with Crippen molar-refractivity contribution in [3.05, 3.63) is 41.2 Å². The van der Waals surface area contributed by atoms with E-state index in [1.807, 2.05) is 32.0 Å². The van der Waals surface area contributed by atoms with Crippen LogP contribution in [-0.2, 0) is 6.42 Å². The molecule has 5 nitrogen and oxygen atoms in total. The van der Waals surface area contributed by atoms with Gasteiger partial charge in [-0.1, -0.05) is 13.0 Å². The van der Waals surface area contributed by atoms with Gasteiger partial charge >= 0.3 is 5.97 Å². The number of carboxylic acid groups (broad SMARTS) is 1. The van der Waals surface area contributed by atoms with Crippen molar-refractivity contribution in [2.24, 2.45) is 0 Å². The van der Waals surface area contributed by atoms with Gasteiger partial charge in [0.2, 0.25) is 0 Å². The summed E-state index contributed by atoms with van der Waals surface area (Å²) in [5.41, 5.74) is 2.69. The highest BCUT2D eigenvalue weighted by molar-refractivity contribution is 5.85. The second-order valence-corrected chi connectivity index (χ2v) is 4.27. The summed E-state index contributed by atoms with van der Waals surface area (Å²) >= 11 is 0. The summed E-state index contributed by atoms with van der Waals surface area (Å²) in [6.45, 7) is 3.93. The van der Waals surface area contributed by atoms with Crippen LogP contribution >= 0.6 is 0 Å². The maximum atomic E-state index is 11.0. The predicted molar refractivity (Wildman–Crippen MR) is 71.2 cm³/mol. The highest BCUT2D eigenvalue weighted by atomic mass is 16.5. The van der Waals surface area contributed by atoms with Crippen LogP contribution in [0.25, 0.3) is 5.69 Å². The molecule has 0 aliphatic rings. The van der Waals surface area contributed by atoms with Crippen molar-refractivity contribution in [3.8, 4) is 11.4 Å². The quantitative estimate of drug-likeness (QED) is 0.917. The average Bonchev–Trinajstić information content (AvgIpc) is 2.82. The lowest BCUT2D eigenvalue weighted by molar-refractivity contribution is 0.0690. The number of nitrogens with zero attached hydrogens (tertiary/aromatic N) is 2. The minimum atomic E-state index is -1.03. The summed E-state index contributed by atoms with van der Waals surface area (Å²) in [7, 11) is 1.58. The lowest BCUT2D eigenvalue weighted by Crippen LogP contribution is -2.05. The Morgan fingerprint density at radius 1 is 1.42 bits per heavy atom. The number of aromatic nitrogens is 2. The van der Waals surface area contributed by atoms with Gasteiger partial charge in [0.25, 0.3) is 0 Å². The third kappa shape index (κ3) is 2.45. The van der Waals surface area contributed by atoms with Crippen molar-refractivity contribution >= 4 is 5.97 Å². The van der Waals surface area contributed by atoms with Crippen molar-refractivity contribution in [2.75, 3.05) is 7.11 Å². The van der Waals surface area contributed by atoms with Crippen molar-refractivity contribution in [3.63, 3.8) is 0 Å². The van der Waals surface area contributed by atoms with Crippen LogP contribution in [-0.4, -0.2) is 28.0 Å². The zero-order valence-corrected chi connectivity index (χ0v) is 11.2. The molecule has 19 heavy (non-hydrogen) atoms. The Hall–Kier alpha value is -2.30. The van der Waals surface area contributed by atoms with Crippen molar-refractivity contribution in [2.45, 2.75) is 20.3 Å². The first-order chi connectivity index (χ1) is 9.06. The standard InChI is InChI=1S/C14H16N2O3/c1-4-10-8-11(14(17)18)15-16(10)12-7-9(2)5-6-13(12)19-3/h5-8H,4H2,1-3H3,(H,17,18). The smallest absolute Gasteiger partial charge is 0.356 e. The van der Waals surface area contributed by atoms with Crippen LogP contribution in [0, 0.1) is 6.92 Å². The molecule has 0 aliphatic carbocycles. The molecule has 1 heterocycles. The Morgan fingerprint density at radius 2 is 2.16 bits per heavy atom. The monoisotopic (exact) mass is 260 g/mol. The number of carbonyl (C=O) groups is 1. The van der Waals surface area contributed by atoms with Gasteiger partial charge in [0, 0.05) is 5.69 Å². The van der Waals surface area contributed by atoms with Crippen LogP contribution in [0.4, 0.5) is 0 Å². The number of benzene rings is 1. The molecule has 2 rings (SSSR count). The summed E-state index contributed by atoms with van der Waals surface area (Å²) in [6, 6.07) is 7.31. The molecule has 0 amide bonds. The molecule has 0 bridgehead atoms. The maximum Gasteiger partial charge on any atom is 0.356 e. The van der Waals surface area contributed by atoms with Gasteiger partial charge in [-0.05, 0) is 37.1 Å². The largest absolute Gasteiger partial charge is 0.494 e. The first-order valence-electron chi connectivity index (χ1n) is 6.04. The van der Waals surface area contributed by atoms with E-state index in [1.165, 1.54) is 0 Å². The SMILES string of the molecule is CCc1cc(C(=O)O)nn1-c1cc(C)ccc1OC. The highest BCUT2D eigenvalue weighted by Gasteiger charge is 2.16. The second-order valence-electron chi connectivity index (χ2n) is 4.27. The first-order valence-corrected chi connectivity index (χ1v) is 6.04. The predicted octanol–water partition coefficient (Wildman–Crippen LogP) is 2.45. The van der Waals surface area contributed by atoms with Crippen molar-refractivity contribution in [1.29, 1.82) is 0 Å². The van der Waals surface area contributed by atoms with Gasteiger partial charge < -0.3 is 9.84 Å². The van der Waals surface area contributed by atoms with Gasteiger partial charge in [0.15, 0.2) is 5.69 Å². The molecule has 0 unspecified atom stereocenters. The highest BCUT2D eigenvalue weighted by Crippen LogP contribution is 2.25. The Bertz CT molecular complexity index is 617. The van der Waals surface area contributed by atoms with E-state index in [4.69, 9.17) is 9.84 Å². The molecule has 0 saturated carbocycles. The molecule has 1 aromatic heterocycles. The fourth-order valence-electron chi connectivity index (χ4n) is 1.95. The molecular weight excluding hydrogens is 244 g/mol. The van der Waals surface area contributed by atoms with E-state index in [0.717, 1.165) is 16.9 Å². The molecule has 0 atom stereocenters. The van der Waals surface area contributed by atoms with Crippen LogP contribution in [0.2, 0.25) is 0 Å². The van der Waals surface area contributed by atoms with Gasteiger partial charge in [-0.25, -0.2) is 9.48 Å². The Morgan fingerprint density at radius 3 is 2.74 bits per heavy atom. The van der Waals surface area contributed by atoms with E-state index in [0.29, 0.717) is 12.2 Å². The molecular formula is C14H16N2O3. The maximum absolute atomic E-state index is 11.0. The zero-order chi connectivity index (χ0) is 14.0. The number of carboxylic acids is 1. The molecule has 1 N–H and O–H groups in total. The molecule has 1 aromatic carbocycles. The molecule has 5 heteroatoms. The number of hydrogen-bond acceptors (Lipinski definition) is 3. The first kappa shape index (κ1) is 13.1. The topological polar surface area (TPSA) is 64.3 Å². The van der Waals surface area contributed by atoms with Crippen LogP contribution in [0.15, 0.2) is 24.3 Å². The molecule has 0 saturated heterocycles. The fraction of sp³-hybridized carbons (Fsp3) is 0.286. The van der Waals surface area contributed by atoms with Gasteiger partial charge in [0.1, 0.15) is 11.4 Å². The number of rotatable bonds is 4. The number of hydrogen-bond donors (Lipinski definition) is 1. The van der Waals surface area contributed by atoms with Crippen LogP contribution in [0.3, 0.4) is 0 Å². The Kier molecular flexibility index (Phi) is 3.55.